The Labute approximate surface area is 87.3 Å². The highest BCUT2D eigenvalue weighted by atomic mass is 35.5. The van der Waals surface area contributed by atoms with Gasteiger partial charge in [0.2, 0.25) is 0 Å². The van der Waals surface area contributed by atoms with Crippen LogP contribution < -0.4 is 0 Å². The fraction of sp³-hybridized carbons (Fsp3) is 0.286. The van der Waals surface area contributed by atoms with Crippen molar-refractivity contribution in [1.82, 2.24) is 4.98 Å². The maximum atomic E-state index is 12.0. The molecule has 0 aliphatic carbocycles. The zero-order chi connectivity index (χ0) is 10.9. The Morgan fingerprint density at radius 1 is 1.29 bits per heavy atom. The number of pyridine rings is 1. The van der Waals surface area contributed by atoms with E-state index in [1.807, 2.05) is 0 Å². The molecule has 1 atom stereocenters. The summed E-state index contributed by atoms with van der Waals surface area (Å²) < 4.78 is 36.1. The zero-order valence-corrected chi connectivity index (χ0v) is 8.03. The van der Waals surface area contributed by atoms with Crippen LogP contribution in [0.1, 0.15) is 11.8 Å². The van der Waals surface area contributed by atoms with E-state index in [2.05, 4.69) is 4.98 Å². The Morgan fingerprint density at radius 2 is 1.86 bits per heavy atom. The maximum Gasteiger partial charge on any atom is 0.420 e. The largest absolute Gasteiger partial charge is 0.420 e. The second-order valence-corrected chi connectivity index (χ2v) is 3.30. The third-order valence-corrected chi connectivity index (χ3v) is 1.78. The van der Waals surface area contributed by atoms with Crippen LogP contribution in [0.5, 0.6) is 0 Å². The van der Waals surface area contributed by atoms with E-state index in [1.165, 1.54) is 6.07 Å². The van der Waals surface area contributed by atoms with E-state index in [4.69, 9.17) is 28.3 Å². The van der Waals surface area contributed by atoms with Crippen LogP contribution in [0.15, 0.2) is 12.1 Å². The van der Waals surface area contributed by atoms with E-state index in [0.717, 1.165) is 6.07 Å². The van der Waals surface area contributed by atoms with Gasteiger partial charge < -0.3 is 5.11 Å². The van der Waals surface area contributed by atoms with Crippen molar-refractivity contribution in [2.24, 2.45) is 0 Å². The minimum absolute atomic E-state index is 0.0108. The van der Waals surface area contributed by atoms with Gasteiger partial charge in [-0.3, -0.25) is 0 Å². The molecule has 0 saturated carbocycles. The van der Waals surface area contributed by atoms with Crippen molar-refractivity contribution in [3.63, 3.8) is 0 Å². The van der Waals surface area contributed by atoms with Crippen molar-refractivity contribution in [2.45, 2.75) is 12.3 Å². The molecule has 1 aromatic heterocycles. The van der Waals surface area contributed by atoms with Gasteiger partial charge in [0.15, 0.2) is 6.10 Å². The minimum Gasteiger partial charge on any atom is -0.378 e. The number of aromatic nitrogens is 1. The first-order valence-corrected chi connectivity index (χ1v) is 4.14. The average Bonchev–Trinajstić information content (AvgIpc) is 1.99. The summed E-state index contributed by atoms with van der Waals surface area (Å²) in [5, 5.41) is 8.59. The highest BCUT2D eigenvalue weighted by molar-refractivity contribution is 6.33. The molecule has 1 heterocycles. The number of hydrogen-bond acceptors (Lipinski definition) is 2. The lowest BCUT2D eigenvalue weighted by atomic mass is 10.2. The summed E-state index contributed by atoms with van der Waals surface area (Å²) in [6.45, 7) is 0. The molecule has 0 radical (unpaired) electrons. The highest BCUT2D eigenvalue weighted by Crippen LogP contribution is 2.32. The second-order valence-electron chi connectivity index (χ2n) is 2.48. The topological polar surface area (TPSA) is 33.1 Å². The lowest BCUT2D eigenvalue weighted by Crippen LogP contribution is -2.21. The lowest BCUT2D eigenvalue weighted by Gasteiger charge is -2.13. The van der Waals surface area contributed by atoms with Crippen LogP contribution in [-0.4, -0.2) is 16.3 Å². The standard InChI is InChI=1S/C7H4Cl2F3NO/c8-3-1-4(13-5(9)2-3)6(14)7(10,11)12/h1-2,6,14H/t6-/m1/s1. The summed E-state index contributed by atoms with van der Waals surface area (Å²) >= 11 is 10.8. The molecule has 78 valence electrons. The maximum absolute atomic E-state index is 12.0. The van der Waals surface area contributed by atoms with Gasteiger partial charge in [0, 0.05) is 5.02 Å². The molecule has 1 N–H and O–H groups in total. The molecule has 0 aliphatic heterocycles. The third kappa shape index (κ3) is 2.73. The molecule has 0 aliphatic rings. The van der Waals surface area contributed by atoms with Gasteiger partial charge in [0.1, 0.15) is 5.15 Å². The van der Waals surface area contributed by atoms with Crippen molar-refractivity contribution >= 4 is 23.2 Å². The number of halogens is 5. The smallest absolute Gasteiger partial charge is 0.378 e. The fourth-order valence-electron chi connectivity index (χ4n) is 0.792. The number of alkyl halides is 3. The molecular weight excluding hydrogens is 242 g/mol. The molecule has 0 bridgehead atoms. The minimum atomic E-state index is -4.78. The number of nitrogens with zero attached hydrogens (tertiary/aromatic N) is 1. The number of rotatable bonds is 1. The first kappa shape index (κ1) is 11.6. The normalized spacial score (nSPS) is 14.1. The predicted molar refractivity (Wildman–Crippen MR) is 45.3 cm³/mol. The Bertz CT molecular complexity index is 322. The molecule has 14 heavy (non-hydrogen) atoms. The van der Waals surface area contributed by atoms with Crippen LogP contribution in [0.25, 0.3) is 0 Å². The van der Waals surface area contributed by atoms with Crippen LogP contribution in [0, 0.1) is 0 Å². The van der Waals surface area contributed by atoms with Crippen LogP contribution in [0.2, 0.25) is 10.2 Å². The molecular formula is C7H4Cl2F3NO. The molecule has 0 unspecified atom stereocenters. The summed E-state index contributed by atoms with van der Waals surface area (Å²) in [7, 11) is 0. The van der Waals surface area contributed by atoms with Crippen LogP contribution in [0.3, 0.4) is 0 Å². The molecule has 0 aromatic carbocycles. The Morgan fingerprint density at radius 3 is 2.29 bits per heavy atom. The van der Waals surface area contributed by atoms with Gasteiger partial charge in [-0.2, -0.15) is 13.2 Å². The summed E-state index contributed by atoms with van der Waals surface area (Å²) in [6, 6.07) is 2.08. The van der Waals surface area contributed by atoms with E-state index >= 15 is 0 Å². The number of aliphatic hydroxyl groups excluding tert-OH is 1. The summed E-state index contributed by atoms with van der Waals surface area (Å²) in [5.41, 5.74) is -0.616. The van der Waals surface area contributed by atoms with E-state index in [1.54, 1.807) is 0 Å². The van der Waals surface area contributed by atoms with Gasteiger partial charge in [0.05, 0.1) is 5.69 Å². The predicted octanol–water partition coefficient (Wildman–Crippen LogP) is 2.98. The van der Waals surface area contributed by atoms with Gasteiger partial charge in [-0.15, -0.1) is 0 Å². The van der Waals surface area contributed by atoms with Gasteiger partial charge in [0.25, 0.3) is 0 Å². The van der Waals surface area contributed by atoms with Crippen molar-refractivity contribution in [3.8, 4) is 0 Å². The van der Waals surface area contributed by atoms with Crippen LogP contribution >= 0.6 is 23.2 Å². The quantitative estimate of drug-likeness (QED) is 0.772. The van der Waals surface area contributed by atoms with E-state index in [9.17, 15) is 13.2 Å². The van der Waals surface area contributed by atoms with Crippen LogP contribution in [-0.2, 0) is 0 Å². The van der Waals surface area contributed by atoms with E-state index in [0.29, 0.717) is 0 Å². The molecule has 0 amide bonds. The summed E-state index contributed by atoms with van der Waals surface area (Å²) in [6.07, 6.45) is -7.44. The first-order valence-electron chi connectivity index (χ1n) is 3.38. The van der Waals surface area contributed by atoms with Crippen LogP contribution in [0.4, 0.5) is 13.2 Å². The van der Waals surface area contributed by atoms with Crippen molar-refractivity contribution in [2.75, 3.05) is 0 Å². The van der Waals surface area contributed by atoms with Gasteiger partial charge in [-0.25, -0.2) is 4.98 Å². The Kier molecular flexibility index (Phi) is 3.24. The molecule has 0 saturated heterocycles. The average molecular weight is 246 g/mol. The van der Waals surface area contributed by atoms with E-state index < -0.39 is 18.0 Å². The molecule has 0 fully saturated rings. The summed E-state index contributed by atoms with van der Waals surface area (Å²) in [5.74, 6) is 0. The zero-order valence-electron chi connectivity index (χ0n) is 6.52. The number of aliphatic hydroxyl groups is 1. The molecule has 1 aromatic rings. The molecule has 1 rings (SSSR count). The third-order valence-electron chi connectivity index (χ3n) is 1.37. The van der Waals surface area contributed by atoms with Gasteiger partial charge >= 0.3 is 6.18 Å². The molecule has 7 heteroatoms. The SMILES string of the molecule is O[C@H](c1cc(Cl)cc(Cl)n1)C(F)(F)F. The monoisotopic (exact) mass is 245 g/mol. The second kappa shape index (κ2) is 3.92. The lowest BCUT2D eigenvalue weighted by molar-refractivity contribution is -0.207. The van der Waals surface area contributed by atoms with Crippen molar-refractivity contribution in [1.29, 1.82) is 0 Å². The fourth-order valence-corrected chi connectivity index (χ4v) is 1.28. The first-order chi connectivity index (χ1) is 6.30. The molecule has 0 spiro atoms. The Hall–Kier alpha value is -0.520. The Balaban J connectivity index is 3.07. The van der Waals surface area contributed by atoms with Gasteiger partial charge in [-0.05, 0) is 12.1 Å². The van der Waals surface area contributed by atoms with Gasteiger partial charge in [-0.1, -0.05) is 23.2 Å². The van der Waals surface area contributed by atoms with E-state index in [-0.39, 0.29) is 10.2 Å². The number of hydrogen-bond donors (Lipinski definition) is 1. The van der Waals surface area contributed by atoms with Crippen molar-refractivity contribution < 1.29 is 18.3 Å². The van der Waals surface area contributed by atoms with Crippen molar-refractivity contribution in [3.05, 3.63) is 28.0 Å². The molecule has 2 nitrogen and oxygen atoms in total. The highest BCUT2D eigenvalue weighted by Gasteiger charge is 2.40. The summed E-state index contributed by atoms with van der Waals surface area (Å²) in [4.78, 5) is 3.31.